The number of thiol groups is 1. The van der Waals surface area contributed by atoms with Crippen molar-refractivity contribution in [3.05, 3.63) is 0 Å². The Bertz CT molecular complexity index is 443. The molecular weight excluding hydrogens is 290 g/mol. The molecule has 1 saturated carbocycles. The molecule has 3 N–H and O–H groups in total. The summed E-state index contributed by atoms with van der Waals surface area (Å²) in [7, 11) is 0. The van der Waals surface area contributed by atoms with E-state index in [2.05, 4.69) is 17.9 Å². The van der Waals surface area contributed by atoms with E-state index in [1.165, 1.54) is 0 Å². The standard InChI is InChI=1S/C14H23N3O3S/c1-8(12(15)18)16-13(19)10-5-3-7-17(10)14(20)9-4-2-6-11(9)21/h8-11,21H,2-7H2,1H3,(H2,15,18)(H,16,19)/t8-,9-,10-,11-/m0/s1. The van der Waals surface area contributed by atoms with Crippen molar-refractivity contribution in [3.8, 4) is 0 Å². The summed E-state index contributed by atoms with van der Waals surface area (Å²) >= 11 is 4.47. The zero-order valence-electron chi connectivity index (χ0n) is 12.2. The normalized spacial score (nSPS) is 30.2. The highest BCUT2D eigenvalue weighted by Crippen LogP contribution is 2.33. The lowest BCUT2D eigenvalue weighted by Gasteiger charge is -2.28. The molecule has 2 fully saturated rings. The van der Waals surface area contributed by atoms with Crippen LogP contribution in [0.25, 0.3) is 0 Å². The number of rotatable bonds is 4. The smallest absolute Gasteiger partial charge is 0.243 e. The van der Waals surface area contributed by atoms with Gasteiger partial charge in [0.05, 0.1) is 0 Å². The molecule has 1 aliphatic carbocycles. The highest BCUT2D eigenvalue weighted by Gasteiger charge is 2.40. The first-order chi connectivity index (χ1) is 9.91. The van der Waals surface area contributed by atoms with Crippen molar-refractivity contribution in [2.75, 3.05) is 6.54 Å². The molecule has 118 valence electrons. The van der Waals surface area contributed by atoms with Gasteiger partial charge in [0.15, 0.2) is 0 Å². The van der Waals surface area contributed by atoms with Crippen molar-refractivity contribution in [1.29, 1.82) is 0 Å². The van der Waals surface area contributed by atoms with Gasteiger partial charge in [-0.25, -0.2) is 0 Å². The average molecular weight is 313 g/mol. The fourth-order valence-electron chi connectivity index (χ4n) is 3.13. The molecular formula is C14H23N3O3S. The largest absolute Gasteiger partial charge is 0.368 e. The first kappa shape index (κ1) is 16.1. The maximum atomic E-state index is 12.6. The van der Waals surface area contributed by atoms with Gasteiger partial charge in [0.25, 0.3) is 0 Å². The maximum Gasteiger partial charge on any atom is 0.243 e. The van der Waals surface area contributed by atoms with E-state index in [-0.39, 0.29) is 23.0 Å². The lowest BCUT2D eigenvalue weighted by molar-refractivity contribution is -0.141. The third kappa shape index (κ3) is 3.51. The summed E-state index contributed by atoms with van der Waals surface area (Å²) in [6, 6.07) is -1.21. The number of primary amides is 1. The van der Waals surface area contributed by atoms with Crippen LogP contribution >= 0.6 is 12.6 Å². The molecule has 1 saturated heterocycles. The molecule has 21 heavy (non-hydrogen) atoms. The Hall–Kier alpha value is -1.24. The van der Waals surface area contributed by atoms with Gasteiger partial charge in [-0.3, -0.25) is 14.4 Å². The van der Waals surface area contributed by atoms with Crippen LogP contribution in [0.15, 0.2) is 0 Å². The van der Waals surface area contributed by atoms with Crippen LogP contribution in [0.3, 0.4) is 0 Å². The fourth-order valence-corrected chi connectivity index (χ4v) is 3.58. The van der Waals surface area contributed by atoms with Crippen LogP contribution in [-0.2, 0) is 14.4 Å². The van der Waals surface area contributed by atoms with Crippen LogP contribution in [0.2, 0.25) is 0 Å². The zero-order valence-corrected chi connectivity index (χ0v) is 13.1. The summed E-state index contributed by atoms with van der Waals surface area (Å²) in [5, 5.41) is 2.67. The maximum absolute atomic E-state index is 12.6. The number of nitrogens with two attached hydrogens (primary N) is 1. The van der Waals surface area contributed by atoms with E-state index in [0.717, 1.165) is 25.7 Å². The lowest BCUT2D eigenvalue weighted by atomic mass is 10.1. The van der Waals surface area contributed by atoms with Crippen molar-refractivity contribution >= 4 is 30.4 Å². The molecule has 1 aliphatic heterocycles. The highest BCUT2D eigenvalue weighted by atomic mass is 32.1. The molecule has 2 aliphatic rings. The van der Waals surface area contributed by atoms with Crippen LogP contribution in [0.5, 0.6) is 0 Å². The molecule has 1 heterocycles. The molecule has 3 amide bonds. The Morgan fingerprint density at radius 1 is 1.24 bits per heavy atom. The van der Waals surface area contributed by atoms with E-state index in [9.17, 15) is 14.4 Å². The van der Waals surface area contributed by atoms with Crippen LogP contribution in [0.4, 0.5) is 0 Å². The van der Waals surface area contributed by atoms with Gasteiger partial charge in [-0.1, -0.05) is 6.42 Å². The minimum atomic E-state index is -0.723. The third-order valence-electron chi connectivity index (χ3n) is 4.42. The number of likely N-dealkylation sites (tertiary alicyclic amines) is 1. The Labute approximate surface area is 130 Å². The molecule has 0 unspecified atom stereocenters. The first-order valence-electron chi connectivity index (χ1n) is 7.50. The van der Waals surface area contributed by atoms with Crippen molar-refractivity contribution in [3.63, 3.8) is 0 Å². The average Bonchev–Trinajstić information content (AvgIpc) is 3.06. The predicted molar refractivity (Wildman–Crippen MR) is 81.6 cm³/mol. The number of carbonyl (C=O) groups excluding carboxylic acids is 3. The van der Waals surface area contributed by atoms with E-state index in [1.54, 1.807) is 11.8 Å². The molecule has 4 atom stereocenters. The minimum Gasteiger partial charge on any atom is -0.368 e. The van der Waals surface area contributed by atoms with Gasteiger partial charge in [0.2, 0.25) is 17.7 Å². The van der Waals surface area contributed by atoms with Crippen LogP contribution in [0, 0.1) is 5.92 Å². The fraction of sp³-hybridized carbons (Fsp3) is 0.786. The van der Waals surface area contributed by atoms with Crippen molar-refractivity contribution < 1.29 is 14.4 Å². The summed E-state index contributed by atoms with van der Waals surface area (Å²) in [6.07, 6.45) is 4.23. The number of amides is 3. The topological polar surface area (TPSA) is 92.5 Å². The summed E-state index contributed by atoms with van der Waals surface area (Å²) in [5.41, 5.74) is 5.15. The molecule has 0 aromatic carbocycles. The number of nitrogens with zero attached hydrogens (tertiary/aromatic N) is 1. The number of carbonyl (C=O) groups is 3. The van der Waals surface area contributed by atoms with Gasteiger partial charge in [-0.05, 0) is 32.6 Å². The molecule has 7 heteroatoms. The van der Waals surface area contributed by atoms with Gasteiger partial charge in [0.1, 0.15) is 12.1 Å². The predicted octanol–water partition coefficient (Wildman–Crippen LogP) is 0.0659. The monoisotopic (exact) mass is 313 g/mol. The van der Waals surface area contributed by atoms with Crippen molar-refractivity contribution in [2.24, 2.45) is 11.7 Å². The van der Waals surface area contributed by atoms with E-state index >= 15 is 0 Å². The minimum absolute atomic E-state index is 0.0249. The van der Waals surface area contributed by atoms with Gasteiger partial charge in [-0.15, -0.1) is 0 Å². The Morgan fingerprint density at radius 2 is 1.95 bits per heavy atom. The SMILES string of the molecule is C[C@H](NC(=O)[C@@H]1CCCN1C(=O)[C@H]1CCC[C@@H]1S)C(N)=O. The second kappa shape index (κ2) is 6.68. The summed E-state index contributed by atoms with van der Waals surface area (Å²) < 4.78 is 0. The van der Waals surface area contributed by atoms with E-state index in [0.29, 0.717) is 13.0 Å². The zero-order chi connectivity index (χ0) is 15.6. The van der Waals surface area contributed by atoms with E-state index in [1.807, 2.05) is 0 Å². The van der Waals surface area contributed by atoms with Crippen molar-refractivity contribution in [2.45, 2.75) is 56.4 Å². The molecule has 0 aromatic heterocycles. The Kier molecular flexibility index (Phi) is 5.13. The van der Waals surface area contributed by atoms with E-state index in [4.69, 9.17) is 5.73 Å². The van der Waals surface area contributed by atoms with Gasteiger partial charge >= 0.3 is 0 Å². The number of hydrogen-bond donors (Lipinski definition) is 3. The second-order valence-corrected chi connectivity index (χ2v) is 6.59. The molecule has 0 radical (unpaired) electrons. The second-order valence-electron chi connectivity index (χ2n) is 5.93. The van der Waals surface area contributed by atoms with Crippen LogP contribution < -0.4 is 11.1 Å². The van der Waals surface area contributed by atoms with Crippen LogP contribution in [0.1, 0.15) is 39.0 Å². The highest BCUT2D eigenvalue weighted by molar-refractivity contribution is 7.81. The van der Waals surface area contributed by atoms with Crippen molar-refractivity contribution in [1.82, 2.24) is 10.2 Å². The first-order valence-corrected chi connectivity index (χ1v) is 8.01. The number of nitrogens with one attached hydrogen (secondary N) is 1. The van der Waals surface area contributed by atoms with Crippen LogP contribution in [-0.4, -0.2) is 46.5 Å². The molecule has 6 nitrogen and oxygen atoms in total. The van der Waals surface area contributed by atoms with Gasteiger partial charge in [0, 0.05) is 17.7 Å². The summed E-state index contributed by atoms with van der Waals surface area (Å²) in [4.78, 5) is 37.5. The quantitative estimate of drug-likeness (QED) is 0.641. The van der Waals surface area contributed by atoms with Gasteiger partial charge in [-0.2, -0.15) is 12.6 Å². The molecule has 0 spiro atoms. The summed E-state index contributed by atoms with van der Waals surface area (Å²) in [5.74, 6) is -0.932. The Morgan fingerprint density at radius 3 is 2.52 bits per heavy atom. The third-order valence-corrected chi connectivity index (χ3v) is 5.04. The molecule has 0 bridgehead atoms. The summed E-state index contributed by atoms with van der Waals surface area (Å²) in [6.45, 7) is 2.14. The molecule has 2 rings (SSSR count). The number of hydrogen-bond acceptors (Lipinski definition) is 4. The van der Waals surface area contributed by atoms with Gasteiger partial charge < -0.3 is 16.0 Å². The van der Waals surface area contributed by atoms with E-state index < -0.39 is 18.0 Å². The Balaban J connectivity index is 2.01. The lowest BCUT2D eigenvalue weighted by Crippen LogP contribution is -2.52. The molecule has 0 aromatic rings.